The van der Waals surface area contributed by atoms with E-state index in [0.717, 1.165) is 20.9 Å². The third-order valence-corrected chi connectivity index (χ3v) is 6.42. The number of carbonyl (C=O) groups is 1. The van der Waals surface area contributed by atoms with Crippen molar-refractivity contribution < 1.29 is 4.79 Å². The lowest BCUT2D eigenvalue weighted by atomic mass is 10.1. The largest absolute Gasteiger partial charge is 0.349 e. The quantitative estimate of drug-likeness (QED) is 0.539. The second-order valence-corrected chi connectivity index (χ2v) is 8.49. The number of hydrogen-bond donors (Lipinski definition) is 1. The van der Waals surface area contributed by atoms with E-state index < -0.39 is 0 Å². The maximum absolute atomic E-state index is 12.6. The first-order valence-corrected chi connectivity index (χ1v) is 10.2. The lowest BCUT2D eigenvalue weighted by molar-refractivity contribution is 0.0946. The van der Waals surface area contributed by atoms with Crippen LogP contribution >= 0.6 is 34.3 Å². The summed E-state index contributed by atoms with van der Waals surface area (Å²) in [5.41, 5.74) is 1.98. The van der Waals surface area contributed by atoms with Gasteiger partial charge in [0.05, 0.1) is 16.4 Å². The topological polar surface area (TPSA) is 49.6 Å². The van der Waals surface area contributed by atoms with Gasteiger partial charge in [-0.1, -0.05) is 29.8 Å². The molecule has 1 aromatic carbocycles. The predicted molar refractivity (Wildman–Crippen MR) is 109 cm³/mol. The zero-order valence-electron chi connectivity index (χ0n) is 14.3. The monoisotopic (exact) mass is 404 g/mol. The molecule has 3 heterocycles. The summed E-state index contributed by atoms with van der Waals surface area (Å²) >= 11 is 9.34. The first kappa shape index (κ1) is 17.5. The molecule has 0 spiro atoms. The van der Waals surface area contributed by atoms with Crippen LogP contribution in [0.1, 0.15) is 21.3 Å². The average molecular weight is 405 g/mol. The summed E-state index contributed by atoms with van der Waals surface area (Å²) in [5, 5.41) is 5.73. The molecule has 1 amide bonds. The van der Waals surface area contributed by atoms with Crippen LogP contribution in [0.5, 0.6) is 0 Å². The molecule has 5 nitrogen and oxygen atoms in total. The van der Waals surface area contributed by atoms with Gasteiger partial charge >= 0.3 is 0 Å². The molecule has 4 rings (SSSR count). The standard InChI is InChI=1S/C18H17ClN4OS2/c1-22(2)14(11-5-3-4-6-12(11)19)10-20-16(24)15-9-13-17(26-15)21-18-23(13)7-8-25-18/h3-9,14H,10H2,1-2H3,(H,20,24). The Bertz CT molecular complexity index is 1080. The second-order valence-electron chi connectivity index (χ2n) is 6.18. The highest BCUT2D eigenvalue weighted by Crippen LogP contribution is 2.29. The summed E-state index contributed by atoms with van der Waals surface area (Å²) < 4.78 is 2.01. The fourth-order valence-corrected chi connectivity index (χ4v) is 4.93. The van der Waals surface area contributed by atoms with Gasteiger partial charge in [-0.2, -0.15) is 0 Å². The summed E-state index contributed by atoms with van der Waals surface area (Å²) in [7, 11) is 3.96. The summed E-state index contributed by atoms with van der Waals surface area (Å²) in [6.45, 7) is 0.478. The van der Waals surface area contributed by atoms with Crippen LogP contribution in [0.2, 0.25) is 5.02 Å². The lowest BCUT2D eigenvalue weighted by Crippen LogP contribution is -2.34. The molecule has 4 aromatic rings. The average Bonchev–Trinajstić information content (AvgIpc) is 3.28. The Kier molecular flexibility index (Phi) is 4.71. The van der Waals surface area contributed by atoms with Crippen molar-refractivity contribution in [2.75, 3.05) is 20.6 Å². The molecule has 0 fully saturated rings. The van der Waals surface area contributed by atoms with Crippen molar-refractivity contribution in [1.29, 1.82) is 0 Å². The van der Waals surface area contributed by atoms with Crippen LogP contribution in [0.4, 0.5) is 0 Å². The van der Waals surface area contributed by atoms with Crippen molar-refractivity contribution in [3.63, 3.8) is 0 Å². The van der Waals surface area contributed by atoms with E-state index in [1.807, 2.05) is 60.4 Å². The number of rotatable bonds is 5. The van der Waals surface area contributed by atoms with E-state index in [0.29, 0.717) is 16.4 Å². The van der Waals surface area contributed by atoms with E-state index in [-0.39, 0.29) is 11.9 Å². The van der Waals surface area contributed by atoms with Crippen molar-refractivity contribution in [2.24, 2.45) is 0 Å². The Morgan fingerprint density at radius 2 is 2.19 bits per heavy atom. The summed E-state index contributed by atoms with van der Waals surface area (Å²) in [6.07, 6.45) is 1.98. The molecular weight excluding hydrogens is 388 g/mol. The Morgan fingerprint density at radius 3 is 2.96 bits per heavy atom. The van der Waals surface area contributed by atoms with Gasteiger partial charge in [-0.15, -0.1) is 22.7 Å². The molecule has 1 atom stereocenters. The van der Waals surface area contributed by atoms with E-state index in [4.69, 9.17) is 11.6 Å². The van der Waals surface area contributed by atoms with Crippen LogP contribution in [0.15, 0.2) is 41.9 Å². The number of nitrogens with zero attached hydrogens (tertiary/aromatic N) is 3. The number of likely N-dealkylation sites (N-methyl/N-ethyl adjacent to an activating group) is 1. The molecular formula is C18H17ClN4OS2. The number of benzene rings is 1. The van der Waals surface area contributed by atoms with Crippen LogP contribution in [0.3, 0.4) is 0 Å². The molecule has 0 saturated carbocycles. The number of aromatic nitrogens is 2. The number of thiazole rings is 1. The van der Waals surface area contributed by atoms with Gasteiger partial charge in [0.2, 0.25) is 0 Å². The van der Waals surface area contributed by atoms with Gasteiger partial charge < -0.3 is 10.2 Å². The maximum atomic E-state index is 12.6. The molecule has 0 aliphatic rings. The van der Waals surface area contributed by atoms with E-state index in [2.05, 4.69) is 15.2 Å². The van der Waals surface area contributed by atoms with Gasteiger partial charge in [-0.05, 0) is 31.8 Å². The third kappa shape index (κ3) is 3.12. The van der Waals surface area contributed by atoms with Crippen molar-refractivity contribution in [3.8, 4) is 0 Å². The molecule has 0 bridgehead atoms. The van der Waals surface area contributed by atoms with E-state index in [9.17, 15) is 4.79 Å². The minimum Gasteiger partial charge on any atom is -0.349 e. The number of carbonyl (C=O) groups excluding carboxylic acids is 1. The molecule has 1 N–H and O–H groups in total. The minimum atomic E-state index is -0.0871. The van der Waals surface area contributed by atoms with Gasteiger partial charge in [0, 0.05) is 23.1 Å². The summed E-state index contributed by atoms with van der Waals surface area (Å²) in [6, 6.07) is 9.64. The molecule has 0 radical (unpaired) electrons. The van der Waals surface area contributed by atoms with Crippen LogP contribution in [-0.4, -0.2) is 40.8 Å². The maximum Gasteiger partial charge on any atom is 0.261 e. The number of nitrogens with one attached hydrogen (secondary N) is 1. The van der Waals surface area contributed by atoms with Gasteiger partial charge in [0.15, 0.2) is 4.96 Å². The van der Waals surface area contributed by atoms with Gasteiger partial charge in [0.1, 0.15) is 4.83 Å². The number of hydrogen-bond acceptors (Lipinski definition) is 5. The van der Waals surface area contributed by atoms with Crippen molar-refractivity contribution in [3.05, 3.63) is 57.4 Å². The number of thiophene rings is 1. The van der Waals surface area contributed by atoms with E-state index >= 15 is 0 Å². The fraction of sp³-hybridized carbons (Fsp3) is 0.222. The van der Waals surface area contributed by atoms with Gasteiger partial charge in [-0.3, -0.25) is 9.20 Å². The zero-order chi connectivity index (χ0) is 18.3. The van der Waals surface area contributed by atoms with E-state index in [1.54, 1.807) is 11.3 Å². The molecule has 26 heavy (non-hydrogen) atoms. The molecule has 1 unspecified atom stereocenters. The normalized spacial score (nSPS) is 12.9. The number of amides is 1. The van der Waals surface area contributed by atoms with Crippen molar-refractivity contribution >= 4 is 55.5 Å². The molecule has 0 aliphatic carbocycles. The van der Waals surface area contributed by atoms with Crippen LogP contribution in [0, 0.1) is 0 Å². The highest BCUT2D eigenvalue weighted by molar-refractivity contribution is 7.21. The summed E-state index contributed by atoms with van der Waals surface area (Å²) in [5.74, 6) is -0.0871. The van der Waals surface area contributed by atoms with Crippen LogP contribution < -0.4 is 5.32 Å². The van der Waals surface area contributed by atoms with Crippen molar-refractivity contribution in [2.45, 2.75) is 6.04 Å². The number of halogens is 1. The number of imidazole rings is 1. The summed E-state index contributed by atoms with van der Waals surface area (Å²) in [4.78, 5) is 21.8. The van der Waals surface area contributed by atoms with Crippen LogP contribution in [0.25, 0.3) is 15.3 Å². The Morgan fingerprint density at radius 1 is 1.38 bits per heavy atom. The molecule has 3 aromatic heterocycles. The van der Waals surface area contributed by atoms with Gasteiger partial charge in [-0.25, -0.2) is 4.98 Å². The second kappa shape index (κ2) is 7.00. The molecule has 134 valence electrons. The molecule has 0 saturated heterocycles. The smallest absolute Gasteiger partial charge is 0.261 e. The predicted octanol–water partition coefficient (Wildman–Crippen LogP) is 4.30. The first-order chi connectivity index (χ1) is 12.5. The zero-order valence-corrected chi connectivity index (χ0v) is 16.7. The van der Waals surface area contributed by atoms with Crippen LogP contribution in [-0.2, 0) is 0 Å². The third-order valence-electron chi connectivity index (χ3n) is 4.31. The Hall–Kier alpha value is -1.93. The highest BCUT2D eigenvalue weighted by Gasteiger charge is 2.20. The van der Waals surface area contributed by atoms with Gasteiger partial charge in [0.25, 0.3) is 5.91 Å². The Labute approximate surface area is 163 Å². The minimum absolute atomic E-state index is 0.00185. The molecule has 8 heteroatoms. The lowest BCUT2D eigenvalue weighted by Gasteiger charge is -2.25. The molecule has 0 aliphatic heterocycles. The van der Waals surface area contributed by atoms with E-state index in [1.165, 1.54) is 11.3 Å². The van der Waals surface area contributed by atoms with Crippen molar-refractivity contribution in [1.82, 2.24) is 19.6 Å². The first-order valence-electron chi connectivity index (χ1n) is 8.08. The Balaban J connectivity index is 1.53. The highest BCUT2D eigenvalue weighted by atomic mass is 35.5. The number of fused-ring (bicyclic) bond motifs is 3. The SMILES string of the molecule is CN(C)C(CNC(=O)c1cc2c(nc3sccn32)s1)c1ccccc1Cl. The fourth-order valence-electron chi connectivity index (χ4n) is 2.95.